The predicted molar refractivity (Wildman–Crippen MR) is 88.2 cm³/mol. The van der Waals surface area contributed by atoms with Gasteiger partial charge in [-0.05, 0) is 36.5 Å². The van der Waals surface area contributed by atoms with Gasteiger partial charge in [-0.25, -0.2) is 0 Å². The summed E-state index contributed by atoms with van der Waals surface area (Å²) in [5.41, 5.74) is 4.37. The Balaban J connectivity index is 2.04. The largest absolute Gasteiger partial charge is 0.388 e. The van der Waals surface area contributed by atoms with E-state index in [0.29, 0.717) is 0 Å². The monoisotopic (exact) mass is 283 g/mol. The van der Waals surface area contributed by atoms with Crippen LogP contribution in [0.15, 0.2) is 42.6 Å². The van der Waals surface area contributed by atoms with Gasteiger partial charge in [-0.3, -0.25) is 4.98 Å². The summed E-state index contributed by atoms with van der Waals surface area (Å²) in [4.78, 5) is 4.56. The number of unbranched alkanes of at least 4 members (excludes halogenated alkanes) is 2. The highest BCUT2D eigenvalue weighted by Gasteiger charge is 2.05. The van der Waals surface area contributed by atoms with Crippen molar-refractivity contribution in [2.75, 3.05) is 0 Å². The summed E-state index contributed by atoms with van der Waals surface area (Å²) in [6.07, 6.45) is 7.24. The number of hydrogen-bond acceptors (Lipinski definition) is 2. The summed E-state index contributed by atoms with van der Waals surface area (Å²) >= 11 is 0. The molecular weight excluding hydrogens is 258 g/mol. The van der Waals surface area contributed by atoms with Crippen molar-refractivity contribution in [3.8, 4) is 11.3 Å². The zero-order valence-electron chi connectivity index (χ0n) is 13.0. The summed E-state index contributed by atoms with van der Waals surface area (Å²) in [6.45, 7) is 4.21. The molecule has 0 fully saturated rings. The van der Waals surface area contributed by atoms with Crippen LogP contribution in [-0.2, 0) is 6.42 Å². The van der Waals surface area contributed by atoms with E-state index in [0.717, 1.165) is 29.7 Å². The molecule has 1 aromatic heterocycles. The van der Waals surface area contributed by atoms with Crippen LogP contribution in [-0.4, -0.2) is 10.1 Å². The molecule has 0 spiro atoms. The van der Waals surface area contributed by atoms with Crippen LogP contribution in [0.2, 0.25) is 0 Å². The molecule has 0 radical (unpaired) electrons. The van der Waals surface area contributed by atoms with Crippen LogP contribution < -0.4 is 0 Å². The van der Waals surface area contributed by atoms with E-state index in [-0.39, 0.29) is 6.10 Å². The SMILES string of the molecule is CCCCCc1ccc(-c2ccc(C(O)CC)cc2)nc1. The molecule has 1 heterocycles. The summed E-state index contributed by atoms with van der Waals surface area (Å²) in [5.74, 6) is 0. The van der Waals surface area contributed by atoms with Crippen LogP contribution in [0.5, 0.6) is 0 Å². The Morgan fingerprint density at radius 2 is 1.76 bits per heavy atom. The van der Waals surface area contributed by atoms with Gasteiger partial charge in [0.05, 0.1) is 11.8 Å². The van der Waals surface area contributed by atoms with Crippen molar-refractivity contribution in [2.45, 2.75) is 52.1 Å². The smallest absolute Gasteiger partial charge is 0.0787 e. The minimum absolute atomic E-state index is 0.368. The maximum absolute atomic E-state index is 9.81. The lowest BCUT2D eigenvalue weighted by Crippen LogP contribution is -1.95. The molecule has 2 rings (SSSR count). The van der Waals surface area contributed by atoms with E-state index in [4.69, 9.17) is 0 Å². The first-order valence-electron chi connectivity index (χ1n) is 7.98. The molecule has 0 aliphatic rings. The van der Waals surface area contributed by atoms with Crippen LogP contribution in [0.4, 0.5) is 0 Å². The lowest BCUT2D eigenvalue weighted by Gasteiger charge is -2.09. The number of benzene rings is 1. The average Bonchev–Trinajstić information content (AvgIpc) is 2.55. The van der Waals surface area contributed by atoms with Crippen molar-refractivity contribution in [3.05, 3.63) is 53.7 Å². The van der Waals surface area contributed by atoms with Crippen LogP contribution in [0.25, 0.3) is 11.3 Å². The van der Waals surface area contributed by atoms with Crippen molar-refractivity contribution < 1.29 is 5.11 Å². The summed E-state index contributed by atoms with van der Waals surface area (Å²) in [5, 5.41) is 9.81. The molecule has 112 valence electrons. The summed E-state index contributed by atoms with van der Waals surface area (Å²) in [6, 6.07) is 12.3. The molecule has 2 heteroatoms. The second kappa shape index (κ2) is 7.94. The fourth-order valence-electron chi connectivity index (χ4n) is 2.43. The van der Waals surface area contributed by atoms with E-state index in [1.807, 2.05) is 37.4 Å². The molecule has 1 N–H and O–H groups in total. The molecule has 0 saturated heterocycles. The first kappa shape index (κ1) is 15.7. The lowest BCUT2D eigenvalue weighted by atomic mass is 10.0. The molecule has 0 amide bonds. The topological polar surface area (TPSA) is 33.1 Å². The third-order valence-electron chi connectivity index (χ3n) is 3.87. The standard InChI is InChI=1S/C19H25NO/c1-3-5-6-7-15-8-13-18(20-14-15)16-9-11-17(12-10-16)19(21)4-2/h8-14,19,21H,3-7H2,1-2H3. The quantitative estimate of drug-likeness (QED) is 0.731. The Labute approximate surface area is 127 Å². The maximum Gasteiger partial charge on any atom is 0.0787 e. The van der Waals surface area contributed by atoms with Gasteiger partial charge in [0.15, 0.2) is 0 Å². The zero-order chi connectivity index (χ0) is 15.1. The van der Waals surface area contributed by atoms with Gasteiger partial charge < -0.3 is 5.11 Å². The van der Waals surface area contributed by atoms with Crippen molar-refractivity contribution >= 4 is 0 Å². The van der Waals surface area contributed by atoms with Gasteiger partial charge in [0.25, 0.3) is 0 Å². The third kappa shape index (κ3) is 4.40. The van der Waals surface area contributed by atoms with Crippen molar-refractivity contribution in [2.24, 2.45) is 0 Å². The first-order valence-corrected chi connectivity index (χ1v) is 7.98. The third-order valence-corrected chi connectivity index (χ3v) is 3.87. The highest BCUT2D eigenvalue weighted by atomic mass is 16.3. The van der Waals surface area contributed by atoms with Gasteiger partial charge in [0, 0.05) is 11.8 Å². The molecule has 21 heavy (non-hydrogen) atoms. The molecule has 0 bridgehead atoms. The highest BCUT2D eigenvalue weighted by molar-refractivity contribution is 5.59. The van der Waals surface area contributed by atoms with Crippen molar-refractivity contribution in [1.29, 1.82) is 0 Å². The van der Waals surface area contributed by atoms with E-state index < -0.39 is 0 Å². The van der Waals surface area contributed by atoms with E-state index in [1.54, 1.807) is 0 Å². The van der Waals surface area contributed by atoms with E-state index in [2.05, 4.69) is 24.0 Å². The fraction of sp³-hybridized carbons (Fsp3) is 0.421. The van der Waals surface area contributed by atoms with Crippen LogP contribution >= 0.6 is 0 Å². The minimum atomic E-state index is -0.368. The number of rotatable bonds is 7. The van der Waals surface area contributed by atoms with Crippen molar-refractivity contribution in [1.82, 2.24) is 4.98 Å². The van der Waals surface area contributed by atoms with Gasteiger partial charge in [-0.1, -0.05) is 57.0 Å². The lowest BCUT2D eigenvalue weighted by molar-refractivity contribution is 0.173. The van der Waals surface area contributed by atoms with Gasteiger partial charge in [-0.15, -0.1) is 0 Å². The summed E-state index contributed by atoms with van der Waals surface area (Å²) in [7, 11) is 0. The normalized spacial score (nSPS) is 12.3. The average molecular weight is 283 g/mol. The Hall–Kier alpha value is -1.67. The van der Waals surface area contributed by atoms with Crippen LogP contribution in [0.3, 0.4) is 0 Å². The Kier molecular flexibility index (Phi) is 5.94. The van der Waals surface area contributed by atoms with Gasteiger partial charge in [0.2, 0.25) is 0 Å². The molecule has 0 aliphatic heterocycles. The number of aliphatic hydroxyl groups is 1. The number of hydrogen-bond donors (Lipinski definition) is 1. The van der Waals surface area contributed by atoms with Gasteiger partial charge >= 0.3 is 0 Å². The van der Waals surface area contributed by atoms with Gasteiger partial charge in [-0.2, -0.15) is 0 Å². The Morgan fingerprint density at radius 1 is 1.00 bits per heavy atom. The number of pyridine rings is 1. The molecule has 1 aromatic carbocycles. The van der Waals surface area contributed by atoms with Crippen LogP contribution in [0.1, 0.15) is 56.8 Å². The van der Waals surface area contributed by atoms with Crippen molar-refractivity contribution in [3.63, 3.8) is 0 Å². The zero-order valence-corrected chi connectivity index (χ0v) is 13.0. The second-order valence-electron chi connectivity index (χ2n) is 5.55. The Bertz CT molecular complexity index is 530. The fourth-order valence-corrected chi connectivity index (χ4v) is 2.43. The number of aliphatic hydroxyl groups excluding tert-OH is 1. The number of nitrogens with zero attached hydrogens (tertiary/aromatic N) is 1. The molecule has 2 nitrogen and oxygen atoms in total. The van der Waals surface area contributed by atoms with E-state index in [9.17, 15) is 5.11 Å². The molecule has 0 saturated carbocycles. The Morgan fingerprint density at radius 3 is 2.33 bits per heavy atom. The second-order valence-corrected chi connectivity index (χ2v) is 5.55. The van der Waals surface area contributed by atoms with Crippen LogP contribution in [0, 0.1) is 0 Å². The maximum atomic E-state index is 9.81. The van der Waals surface area contributed by atoms with E-state index in [1.165, 1.54) is 24.8 Å². The summed E-state index contributed by atoms with van der Waals surface area (Å²) < 4.78 is 0. The molecule has 0 aliphatic carbocycles. The highest BCUT2D eigenvalue weighted by Crippen LogP contribution is 2.22. The first-order chi connectivity index (χ1) is 10.2. The minimum Gasteiger partial charge on any atom is -0.388 e. The molecule has 1 atom stereocenters. The predicted octanol–water partition coefficient (Wildman–Crippen LogP) is 4.92. The van der Waals surface area contributed by atoms with Gasteiger partial charge in [0.1, 0.15) is 0 Å². The molecule has 2 aromatic rings. The van der Waals surface area contributed by atoms with E-state index >= 15 is 0 Å². The molecular formula is C19H25NO. The number of aryl methyl sites for hydroxylation is 1. The molecule has 1 unspecified atom stereocenters. The number of aromatic nitrogens is 1.